The molecule has 0 bridgehead atoms. The molecule has 2 atom stereocenters. The predicted molar refractivity (Wildman–Crippen MR) is 109 cm³/mol. The Bertz CT molecular complexity index is 861. The first-order chi connectivity index (χ1) is 13.0. The number of fused-ring (bicyclic) bond motifs is 3. The summed E-state index contributed by atoms with van der Waals surface area (Å²) in [6, 6.07) is 0. The summed E-state index contributed by atoms with van der Waals surface area (Å²) in [6.07, 6.45) is 3.66. The summed E-state index contributed by atoms with van der Waals surface area (Å²) in [5, 5.41) is 0.813. The highest BCUT2D eigenvalue weighted by molar-refractivity contribution is 8.00. The van der Waals surface area contributed by atoms with Gasteiger partial charge in [-0.25, -0.2) is 4.98 Å². The van der Waals surface area contributed by atoms with Crippen molar-refractivity contribution in [3.8, 4) is 0 Å². The molecule has 0 aromatic carbocycles. The normalized spacial score (nSPS) is 17.7. The number of carbonyl (C=O) groups is 1. The van der Waals surface area contributed by atoms with Gasteiger partial charge in [0.05, 0.1) is 12.0 Å². The van der Waals surface area contributed by atoms with Gasteiger partial charge in [0.25, 0.3) is 5.56 Å². The number of rotatable bonds is 8. The lowest BCUT2D eigenvalue weighted by Crippen LogP contribution is -2.22. The maximum atomic E-state index is 12.7. The number of nitrogens with one attached hydrogen (secondary N) is 1. The molecule has 0 fully saturated rings. The quantitative estimate of drug-likeness (QED) is 0.310. The summed E-state index contributed by atoms with van der Waals surface area (Å²) in [5.74, 6) is 0.346. The molecule has 27 heavy (non-hydrogen) atoms. The van der Waals surface area contributed by atoms with Crippen LogP contribution in [0.4, 0.5) is 0 Å². The summed E-state index contributed by atoms with van der Waals surface area (Å²) in [6.45, 7) is 7.29. The van der Waals surface area contributed by atoms with Gasteiger partial charge in [-0.1, -0.05) is 25.6 Å². The van der Waals surface area contributed by atoms with Gasteiger partial charge in [-0.2, -0.15) is 0 Å². The van der Waals surface area contributed by atoms with E-state index in [2.05, 4.69) is 16.9 Å². The van der Waals surface area contributed by atoms with Crippen molar-refractivity contribution in [3.05, 3.63) is 20.8 Å². The second-order valence-corrected chi connectivity index (χ2v) is 9.06. The van der Waals surface area contributed by atoms with Crippen LogP contribution in [0.2, 0.25) is 0 Å². The van der Waals surface area contributed by atoms with Crippen LogP contribution in [0.25, 0.3) is 10.2 Å². The van der Waals surface area contributed by atoms with Crippen molar-refractivity contribution in [2.24, 2.45) is 5.92 Å². The average molecular weight is 411 g/mol. The molecule has 0 saturated carbocycles. The van der Waals surface area contributed by atoms with E-state index < -0.39 is 5.25 Å². The molecule has 2 heterocycles. The SMILES string of the molecule is CCOCCOC(=O)C(CC)Sc1nc2sc3c(c2c(=O)[nH]1)CCC(C)C3. The smallest absolute Gasteiger partial charge is 0.319 e. The van der Waals surface area contributed by atoms with Crippen LogP contribution >= 0.6 is 23.1 Å². The highest BCUT2D eigenvalue weighted by atomic mass is 32.2. The van der Waals surface area contributed by atoms with Gasteiger partial charge in [0.1, 0.15) is 16.7 Å². The Morgan fingerprint density at radius 1 is 1.41 bits per heavy atom. The van der Waals surface area contributed by atoms with Crippen LogP contribution in [-0.2, 0) is 27.1 Å². The van der Waals surface area contributed by atoms with Crippen molar-refractivity contribution in [1.29, 1.82) is 0 Å². The van der Waals surface area contributed by atoms with Crippen LogP contribution in [0.15, 0.2) is 9.95 Å². The fourth-order valence-electron chi connectivity index (χ4n) is 3.26. The number of hydrogen-bond acceptors (Lipinski definition) is 7. The standard InChI is InChI=1S/C19H26N2O4S2/c1-4-13(18(23)25-9-8-24-5-2)27-19-20-16(22)15-12-7-6-11(3)10-14(12)26-17(15)21-19/h11,13H,4-10H2,1-3H3,(H,20,21,22). The van der Waals surface area contributed by atoms with Gasteiger partial charge >= 0.3 is 5.97 Å². The fraction of sp³-hybridized carbons (Fsp3) is 0.632. The Hall–Kier alpha value is -1.38. The van der Waals surface area contributed by atoms with Gasteiger partial charge in [0.2, 0.25) is 0 Å². The van der Waals surface area contributed by atoms with E-state index in [-0.39, 0.29) is 18.1 Å². The lowest BCUT2D eigenvalue weighted by molar-refractivity contribution is -0.144. The predicted octanol–water partition coefficient (Wildman–Crippen LogP) is 3.56. The van der Waals surface area contributed by atoms with Crippen LogP contribution in [0.1, 0.15) is 44.1 Å². The number of carbonyl (C=O) groups excluding carboxylic acids is 1. The molecule has 0 spiro atoms. The van der Waals surface area contributed by atoms with Gasteiger partial charge in [-0.05, 0) is 44.1 Å². The number of H-pyrrole nitrogens is 1. The van der Waals surface area contributed by atoms with E-state index in [4.69, 9.17) is 9.47 Å². The number of esters is 1. The lowest BCUT2D eigenvalue weighted by Gasteiger charge is -2.17. The maximum Gasteiger partial charge on any atom is 0.319 e. The highest BCUT2D eigenvalue weighted by Crippen LogP contribution is 2.36. The van der Waals surface area contributed by atoms with E-state index in [0.29, 0.717) is 30.7 Å². The minimum Gasteiger partial charge on any atom is -0.462 e. The molecule has 0 radical (unpaired) electrons. The molecule has 2 unspecified atom stereocenters. The van der Waals surface area contributed by atoms with Crippen LogP contribution in [0.3, 0.4) is 0 Å². The third-order valence-electron chi connectivity index (χ3n) is 4.71. The van der Waals surface area contributed by atoms with E-state index in [1.807, 2.05) is 13.8 Å². The average Bonchev–Trinajstić information content (AvgIpc) is 3.00. The summed E-state index contributed by atoms with van der Waals surface area (Å²) in [5.41, 5.74) is 1.06. The molecule has 6 nitrogen and oxygen atoms in total. The third-order valence-corrected chi connectivity index (χ3v) is 7.08. The molecule has 1 aliphatic carbocycles. The van der Waals surface area contributed by atoms with E-state index in [0.717, 1.165) is 29.5 Å². The molecule has 2 aromatic heterocycles. The van der Waals surface area contributed by atoms with Gasteiger partial charge in [-0.3, -0.25) is 9.59 Å². The van der Waals surface area contributed by atoms with E-state index in [9.17, 15) is 9.59 Å². The molecule has 0 amide bonds. The summed E-state index contributed by atoms with van der Waals surface area (Å²) >= 11 is 2.88. The first kappa shape index (κ1) is 20.4. The third kappa shape index (κ3) is 4.73. The monoisotopic (exact) mass is 410 g/mol. The van der Waals surface area contributed by atoms with Crippen LogP contribution in [0, 0.1) is 5.92 Å². The van der Waals surface area contributed by atoms with Gasteiger partial charge in [0.15, 0.2) is 5.16 Å². The van der Waals surface area contributed by atoms with E-state index in [1.54, 1.807) is 11.3 Å². The molecule has 1 N–H and O–H groups in total. The first-order valence-electron chi connectivity index (χ1n) is 9.49. The van der Waals surface area contributed by atoms with Gasteiger partial charge in [0, 0.05) is 11.5 Å². The van der Waals surface area contributed by atoms with Crippen LogP contribution in [-0.4, -0.2) is 41.0 Å². The topological polar surface area (TPSA) is 81.3 Å². The zero-order valence-electron chi connectivity index (χ0n) is 16.0. The van der Waals surface area contributed by atoms with Crippen LogP contribution < -0.4 is 5.56 Å². The Morgan fingerprint density at radius 2 is 2.22 bits per heavy atom. The number of thiophene rings is 1. The molecule has 148 valence electrons. The highest BCUT2D eigenvalue weighted by Gasteiger charge is 2.25. The van der Waals surface area contributed by atoms with Gasteiger partial charge in [-0.15, -0.1) is 11.3 Å². The second kappa shape index (κ2) is 9.21. The Labute approximate surface area is 167 Å². The molecular weight excluding hydrogens is 384 g/mol. The number of aryl methyl sites for hydroxylation is 1. The number of thioether (sulfide) groups is 1. The Morgan fingerprint density at radius 3 is 2.96 bits per heavy atom. The van der Waals surface area contributed by atoms with Crippen molar-refractivity contribution in [2.45, 2.75) is 56.9 Å². The van der Waals surface area contributed by atoms with E-state index in [1.165, 1.54) is 22.2 Å². The summed E-state index contributed by atoms with van der Waals surface area (Å²) < 4.78 is 10.4. The minimum atomic E-state index is -0.401. The van der Waals surface area contributed by atoms with Crippen LogP contribution in [0.5, 0.6) is 0 Å². The molecule has 2 aromatic rings. The molecular formula is C19H26N2O4S2. The molecule has 8 heteroatoms. The van der Waals surface area contributed by atoms with Crippen molar-refractivity contribution in [1.82, 2.24) is 9.97 Å². The number of ether oxygens (including phenoxy) is 2. The zero-order valence-corrected chi connectivity index (χ0v) is 17.6. The van der Waals surface area contributed by atoms with E-state index >= 15 is 0 Å². The summed E-state index contributed by atoms with van der Waals surface area (Å²) in [7, 11) is 0. The minimum absolute atomic E-state index is 0.103. The molecule has 3 rings (SSSR count). The molecule has 0 saturated heterocycles. The molecule has 1 aliphatic rings. The Balaban J connectivity index is 1.76. The molecule has 0 aliphatic heterocycles. The van der Waals surface area contributed by atoms with Crippen molar-refractivity contribution in [2.75, 3.05) is 19.8 Å². The maximum absolute atomic E-state index is 12.7. The first-order valence-corrected chi connectivity index (χ1v) is 11.2. The summed E-state index contributed by atoms with van der Waals surface area (Å²) in [4.78, 5) is 34.5. The van der Waals surface area contributed by atoms with Crippen molar-refractivity contribution < 1.29 is 14.3 Å². The lowest BCUT2D eigenvalue weighted by atomic mass is 9.89. The number of aromatic nitrogens is 2. The van der Waals surface area contributed by atoms with Gasteiger partial charge < -0.3 is 14.5 Å². The van der Waals surface area contributed by atoms with Crippen molar-refractivity contribution >= 4 is 39.3 Å². The second-order valence-electron chi connectivity index (χ2n) is 6.78. The Kier molecular flexibility index (Phi) is 6.94. The van der Waals surface area contributed by atoms with Crippen molar-refractivity contribution in [3.63, 3.8) is 0 Å². The zero-order chi connectivity index (χ0) is 19.4. The number of nitrogens with zero attached hydrogens (tertiary/aromatic N) is 1. The fourth-order valence-corrected chi connectivity index (χ4v) is 5.59. The number of hydrogen-bond donors (Lipinski definition) is 1. The number of aromatic amines is 1. The largest absolute Gasteiger partial charge is 0.462 e.